The molecule has 110 valence electrons. The average molecular weight is 287 g/mol. The normalized spacial score (nSPS) is 11.7. The summed E-state index contributed by atoms with van der Waals surface area (Å²) in [6.07, 6.45) is 0. The molecule has 0 fully saturated rings. The molecule has 0 heterocycles. The molecule has 3 N–H and O–H groups in total. The molecule has 21 heavy (non-hydrogen) atoms. The first kappa shape index (κ1) is 14.7. The van der Waals surface area contributed by atoms with Crippen molar-refractivity contribution in [2.45, 2.75) is 13.0 Å². The molecule has 1 atom stereocenters. The molecule has 0 aliphatic rings. The number of hydrogen-bond donors (Lipinski definition) is 3. The summed E-state index contributed by atoms with van der Waals surface area (Å²) in [7, 11) is 1.33. The third-order valence-corrected chi connectivity index (χ3v) is 3.14. The Morgan fingerprint density at radius 3 is 2.67 bits per heavy atom. The summed E-state index contributed by atoms with van der Waals surface area (Å²) < 4.78 is 4.68. The lowest BCUT2D eigenvalue weighted by molar-refractivity contribution is 0.0601. The van der Waals surface area contributed by atoms with E-state index >= 15 is 0 Å². The van der Waals surface area contributed by atoms with E-state index in [1.807, 2.05) is 13.0 Å². The van der Waals surface area contributed by atoms with Crippen LogP contribution in [-0.4, -0.2) is 23.3 Å². The second kappa shape index (κ2) is 6.17. The fraction of sp³-hybridized carbons (Fsp3) is 0.188. The van der Waals surface area contributed by atoms with Crippen molar-refractivity contribution >= 4 is 11.7 Å². The molecule has 0 amide bonds. The molecule has 0 saturated carbocycles. The largest absolute Gasteiger partial charge is 0.508 e. The second-order valence-electron chi connectivity index (χ2n) is 4.68. The lowest BCUT2D eigenvalue weighted by Gasteiger charge is -2.17. The minimum atomic E-state index is -0.411. The van der Waals surface area contributed by atoms with E-state index in [1.54, 1.807) is 18.2 Å². The third kappa shape index (κ3) is 3.45. The Labute approximate surface area is 122 Å². The van der Waals surface area contributed by atoms with Crippen LogP contribution in [0.5, 0.6) is 11.5 Å². The molecule has 5 heteroatoms. The number of ether oxygens (including phenoxy) is 1. The van der Waals surface area contributed by atoms with Crippen molar-refractivity contribution in [3.63, 3.8) is 0 Å². The smallest absolute Gasteiger partial charge is 0.337 e. The molecule has 2 aromatic rings. The van der Waals surface area contributed by atoms with E-state index < -0.39 is 5.97 Å². The number of carbonyl (C=O) groups is 1. The van der Waals surface area contributed by atoms with Gasteiger partial charge in [-0.1, -0.05) is 6.07 Å². The quantitative estimate of drug-likeness (QED) is 0.595. The molecule has 1 unspecified atom stereocenters. The first-order chi connectivity index (χ1) is 10.0. The SMILES string of the molecule is COC(=O)c1cccc(NC(C)c2cc(O)ccc2O)c1. The number of benzene rings is 2. The van der Waals surface area contributed by atoms with Crippen LogP contribution in [0.3, 0.4) is 0 Å². The Kier molecular flexibility index (Phi) is 4.33. The maximum Gasteiger partial charge on any atom is 0.337 e. The molecular formula is C16H17NO4. The number of phenols is 2. The monoisotopic (exact) mass is 287 g/mol. The average Bonchev–Trinajstić information content (AvgIpc) is 2.49. The van der Waals surface area contributed by atoms with Gasteiger partial charge >= 0.3 is 5.97 Å². The van der Waals surface area contributed by atoms with E-state index in [9.17, 15) is 15.0 Å². The summed E-state index contributed by atoms with van der Waals surface area (Å²) in [6.45, 7) is 1.85. The number of aromatic hydroxyl groups is 2. The van der Waals surface area contributed by atoms with E-state index in [1.165, 1.54) is 25.3 Å². The fourth-order valence-corrected chi connectivity index (χ4v) is 2.07. The summed E-state index contributed by atoms with van der Waals surface area (Å²) in [4.78, 5) is 11.5. The highest BCUT2D eigenvalue weighted by Gasteiger charge is 2.12. The van der Waals surface area contributed by atoms with Crippen molar-refractivity contribution in [2.75, 3.05) is 12.4 Å². The Bertz CT molecular complexity index is 654. The van der Waals surface area contributed by atoms with E-state index in [4.69, 9.17) is 0 Å². The number of phenolic OH excluding ortho intramolecular Hbond substituents is 2. The van der Waals surface area contributed by atoms with Gasteiger partial charge in [-0.05, 0) is 43.3 Å². The first-order valence-corrected chi connectivity index (χ1v) is 6.48. The summed E-state index contributed by atoms with van der Waals surface area (Å²) in [5, 5.41) is 22.5. The van der Waals surface area contributed by atoms with Crippen LogP contribution < -0.4 is 5.32 Å². The van der Waals surface area contributed by atoms with Crippen molar-refractivity contribution in [1.29, 1.82) is 0 Å². The molecule has 2 rings (SSSR count). The number of carbonyl (C=O) groups excluding carboxylic acids is 1. The predicted octanol–water partition coefficient (Wildman–Crippen LogP) is 3.06. The van der Waals surface area contributed by atoms with Gasteiger partial charge in [0.05, 0.1) is 18.7 Å². The van der Waals surface area contributed by atoms with E-state index in [2.05, 4.69) is 10.1 Å². The maximum atomic E-state index is 11.5. The van der Waals surface area contributed by atoms with E-state index in [-0.39, 0.29) is 17.5 Å². The summed E-state index contributed by atoms with van der Waals surface area (Å²) in [5.74, 6) is -0.233. The second-order valence-corrected chi connectivity index (χ2v) is 4.68. The third-order valence-electron chi connectivity index (χ3n) is 3.14. The molecule has 0 bridgehead atoms. The molecule has 5 nitrogen and oxygen atoms in total. The van der Waals surface area contributed by atoms with Crippen LogP contribution in [0.4, 0.5) is 5.69 Å². The van der Waals surface area contributed by atoms with Crippen molar-refractivity contribution in [3.05, 3.63) is 53.6 Å². The lowest BCUT2D eigenvalue weighted by Crippen LogP contribution is -2.08. The van der Waals surface area contributed by atoms with Crippen molar-refractivity contribution in [1.82, 2.24) is 0 Å². The minimum Gasteiger partial charge on any atom is -0.508 e. The van der Waals surface area contributed by atoms with Gasteiger partial charge in [-0.25, -0.2) is 4.79 Å². The van der Waals surface area contributed by atoms with Crippen LogP contribution in [0.1, 0.15) is 28.9 Å². The minimum absolute atomic E-state index is 0.0831. The van der Waals surface area contributed by atoms with Crippen LogP contribution in [0.25, 0.3) is 0 Å². The lowest BCUT2D eigenvalue weighted by atomic mass is 10.1. The molecule has 0 aromatic heterocycles. The summed E-state index contributed by atoms with van der Waals surface area (Å²) >= 11 is 0. The Morgan fingerprint density at radius 2 is 1.95 bits per heavy atom. The van der Waals surface area contributed by atoms with Gasteiger partial charge in [0.25, 0.3) is 0 Å². The molecular weight excluding hydrogens is 270 g/mol. The van der Waals surface area contributed by atoms with Gasteiger partial charge < -0.3 is 20.3 Å². The highest BCUT2D eigenvalue weighted by atomic mass is 16.5. The predicted molar refractivity (Wildman–Crippen MR) is 79.6 cm³/mol. The maximum absolute atomic E-state index is 11.5. The van der Waals surface area contributed by atoms with Gasteiger partial charge in [0.1, 0.15) is 11.5 Å². The molecule has 2 aromatic carbocycles. The Balaban J connectivity index is 2.21. The number of nitrogens with one attached hydrogen (secondary N) is 1. The zero-order chi connectivity index (χ0) is 15.4. The number of hydrogen-bond acceptors (Lipinski definition) is 5. The summed E-state index contributed by atoms with van der Waals surface area (Å²) in [5.41, 5.74) is 1.72. The highest BCUT2D eigenvalue weighted by Crippen LogP contribution is 2.30. The van der Waals surface area contributed by atoms with Crippen LogP contribution in [0, 0.1) is 0 Å². The van der Waals surface area contributed by atoms with Gasteiger partial charge in [-0.3, -0.25) is 0 Å². The Hall–Kier alpha value is -2.69. The van der Waals surface area contributed by atoms with Crippen molar-refractivity contribution < 1.29 is 19.7 Å². The van der Waals surface area contributed by atoms with Gasteiger partial charge in [0.15, 0.2) is 0 Å². The zero-order valence-corrected chi connectivity index (χ0v) is 11.8. The van der Waals surface area contributed by atoms with E-state index in [0.29, 0.717) is 16.8 Å². The zero-order valence-electron chi connectivity index (χ0n) is 11.8. The van der Waals surface area contributed by atoms with Gasteiger partial charge in [-0.15, -0.1) is 0 Å². The number of methoxy groups -OCH3 is 1. The van der Waals surface area contributed by atoms with Gasteiger partial charge in [-0.2, -0.15) is 0 Å². The molecule has 0 radical (unpaired) electrons. The number of rotatable bonds is 4. The topological polar surface area (TPSA) is 78.8 Å². The van der Waals surface area contributed by atoms with Crippen LogP contribution in [0.15, 0.2) is 42.5 Å². The molecule has 0 saturated heterocycles. The fourth-order valence-electron chi connectivity index (χ4n) is 2.07. The van der Waals surface area contributed by atoms with Gasteiger partial charge in [0.2, 0.25) is 0 Å². The van der Waals surface area contributed by atoms with Gasteiger partial charge in [0, 0.05) is 11.3 Å². The summed E-state index contributed by atoms with van der Waals surface area (Å²) in [6, 6.07) is 11.0. The molecule has 0 aliphatic heterocycles. The molecule has 0 aliphatic carbocycles. The van der Waals surface area contributed by atoms with Crippen LogP contribution in [-0.2, 0) is 4.74 Å². The highest BCUT2D eigenvalue weighted by molar-refractivity contribution is 5.90. The van der Waals surface area contributed by atoms with Crippen molar-refractivity contribution in [3.8, 4) is 11.5 Å². The molecule has 0 spiro atoms. The van der Waals surface area contributed by atoms with Crippen LogP contribution in [0.2, 0.25) is 0 Å². The van der Waals surface area contributed by atoms with Crippen molar-refractivity contribution in [2.24, 2.45) is 0 Å². The van der Waals surface area contributed by atoms with Crippen LogP contribution >= 0.6 is 0 Å². The standard InChI is InChI=1S/C16H17NO4/c1-10(14-9-13(18)6-7-15(14)19)17-12-5-3-4-11(8-12)16(20)21-2/h3-10,17-19H,1-2H3. The Morgan fingerprint density at radius 1 is 1.19 bits per heavy atom. The number of anilines is 1. The van der Waals surface area contributed by atoms with E-state index in [0.717, 1.165) is 0 Å². The first-order valence-electron chi connectivity index (χ1n) is 6.48. The number of esters is 1.